The minimum absolute atomic E-state index is 0.00836. The Morgan fingerprint density at radius 3 is 1.79 bits per heavy atom. The predicted octanol–water partition coefficient (Wildman–Crippen LogP) is 2.95. The van der Waals surface area contributed by atoms with E-state index in [0.717, 1.165) is 0 Å². The van der Waals surface area contributed by atoms with Gasteiger partial charge in [0, 0.05) is 12.5 Å². The molecule has 0 aromatic heterocycles. The van der Waals surface area contributed by atoms with Crippen molar-refractivity contribution in [3.63, 3.8) is 0 Å². The number of hydrogen-bond acceptors (Lipinski definition) is 1. The van der Waals surface area contributed by atoms with Gasteiger partial charge in [0.15, 0.2) is 0 Å². The second kappa shape index (κ2) is 4.42. The van der Waals surface area contributed by atoms with Crippen molar-refractivity contribution < 1.29 is 22.0 Å². The topological polar surface area (TPSA) is 26.0 Å². The summed E-state index contributed by atoms with van der Waals surface area (Å²) in [6, 6.07) is -1.12. The summed E-state index contributed by atoms with van der Waals surface area (Å²) in [5, 5.41) is 0. The van der Waals surface area contributed by atoms with Crippen molar-refractivity contribution >= 4 is 0 Å². The molecule has 1 atom stereocenters. The predicted molar refractivity (Wildman–Crippen MR) is 43.0 cm³/mol. The highest BCUT2D eigenvalue weighted by Gasteiger charge is 2.57. The van der Waals surface area contributed by atoms with Gasteiger partial charge in [-0.05, 0) is 12.3 Å². The van der Waals surface area contributed by atoms with Crippen molar-refractivity contribution in [1.82, 2.24) is 0 Å². The minimum Gasteiger partial charge on any atom is -0.327 e. The quantitative estimate of drug-likeness (QED) is 0.723. The van der Waals surface area contributed by atoms with Crippen LogP contribution in [0.25, 0.3) is 0 Å². The lowest BCUT2D eigenvalue weighted by atomic mass is 9.99. The molecule has 0 radical (unpaired) electrons. The lowest BCUT2D eigenvalue weighted by molar-refractivity contribution is -0.285. The first-order valence-corrected chi connectivity index (χ1v) is 4.26. The molecule has 1 unspecified atom stereocenters. The molecular weight excluding hydrogens is 205 g/mol. The van der Waals surface area contributed by atoms with Crippen molar-refractivity contribution in [2.75, 3.05) is 0 Å². The maximum atomic E-state index is 12.4. The lowest BCUT2D eigenvalue weighted by Gasteiger charge is -2.23. The van der Waals surface area contributed by atoms with Gasteiger partial charge in [0.1, 0.15) is 0 Å². The van der Waals surface area contributed by atoms with Crippen LogP contribution in [0, 0.1) is 5.92 Å². The molecule has 6 heteroatoms. The molecule has 1 nitrogen and oxygen atoms in total. The van der Waals surface area contributed by atoms with Crippen LogP contribution in [0.4, 0.5) is 22.0 Å². The Morgan fingerprint density at radius 1 is 1.07 bits per heavy atom. The van der Waals surface area contributed by atoms with Gasteiger partial charge in [-0.1, -0.05) is 13.8 Å². The molecule has 0 aliphatic heterocycles. The first-order chi connectivity index (χ1) is 6.06. The van der Waals surface area contributed by atoms with Crippen LogP contribution in [-0.4, -0.2) is 18.1 Å². The van der Waals surface area contributed by atoms with Gasteiger partial charge < -0.3 is 5.73 Å². The molecule has 0 saturated carbocycles. The zero-order valence-electron chi connectivity index (χ0n) is 8.04. The Bertz CT molecular complexity index is 175. The Hall–Kier alpha value is -0.390. The maximum absolute atomic E-state index is 12.4. The summed E-state index contributed by atoms with van der Waals surface area (Å²) in [5.74, 6) is -4.67. The molecule has 0 rings (SSSR count). The zero-order chi connectivity index (χ0) is 11.6. The summed E-state index contributed by atoms with van der Waals surface area (Å²) in [7, 11) is 0. The van der Waals surface area contributed by atoms with Gasteiger partial charge >= 0.3 is 12.1 Å². The molecule has 0 heterocycles. The summed E-state index contributed by atoms with van der Waals surface area (Å²) < 4.78 is 60.0. The van der Waals surface area contributed by atoms with E-state index in [1.165, 1.54) is 0 Å². The number of halogens is 5. The van der Waals surface area contributed by atoms with E-state index in [9.17, 15) is 22.0 Å². The van der Waals surface area contributed by atoms with Gasteiger partial charge in [0.25, 0.3) is 0 Å². The van der Waals surface area contributed by atoms with Gasteiger partial charge in [-0.25, -0.2) is 0 Å². The standard InChI is InChI=1S/C8H14F5N/c1-5(2)3-6(14)4-7(9,10)8(11,12)13/h5-6H,3-4,14H2,1-2H3. The summed E-state index contributed by atoms with van der Waals surface area (Å²) in [6.45, 7) is 3.43. The highest BCUT2D eigenvalue weighted by atomic mass is 19.4. The fourth-order valence-electron chi connectivity index (χ4n) is 1.13. The maximum Gasteiger partial charge on any atom is 0.453 e. The van der Waals surface area contributed by atoms with Crippen molar-refractivity contribution in [2.45, 2.75) is 44.8 Å². The monoisotopic (exact) mass is 219 g/mol. The van der Waals surface area contributed by atoms with Gasteiger partial charge in [-0.2, -0.15) is 22.0 Å². The molecule has 0 aromatic carbocycles. The van der Waals surface area contributed by atoms with Crippen LogP contribution in [0.2, 0.25) is 0 Å². The van der Waals surface area contributed by atoms with Crippen LogP contribution in [0.5, 0.6) is 0 Å². The van der Waals surface area contributed by atoms with Gasteiger partial charge in [0.05, 0.1) is 0 Å². The number of nitrogens with two attached hydrogens (primary N) is 1. The lowest BCUT2D eigenvalue weighted by Crippen LogP contribution is -2.42. The van der Waals surface area contributed by atoms with E-state index in [4.69, 9.17) is 5.73 Å². The summed E-state index contributed by atoms with van der Waals surface area (Å²) in [4.78, 5) is 0. The summed E-state index contributed by atoms with van der Waals surface area (Å²) >= 11 is 0. The van der Waals surface area contributed by atoms with Crippen LogP contribution in [-0.2, 0) is 0 Å². The SMILES string of the molecule is CC(C)CC(N)CC(F)(F)C(F)(F)F. The first kappa shape index (κ1) is 13.6. The number of hydrogen-bond donors (Lipinski definition) is 1. The molecule has 14 heavy (non-hydrogen) atoms. The minimum atomic E-state index is -5.50. The first-order valence-electron chi connectivity index (χ1n) is 4.26. The van der Waals surface area contributed by atoms with Crippen molar-refractivity contribution in [1.29, 1.82) is 0 Å². The Labute approximate surface area is 79.5 Å². The normalized spacial score (nSPS) is 16.1. The number of alkyl halides is 5. The molecular formula is C8H14F5N. The third-order valence-electron chi connectivity index (χ3n) is 1.71. The molecule has 2 N–H and O–H groups in total. The van der Waals surface area contributed by atoms with Crippen LogP contribution in [0.15, 0.2) is 0 Å². The molecule has 0 aliphatic rings. The van der Waals surface area contributed by atoms with Crippen LogP contribution in [0.1, 0.15) is 26.7 Å². The smallest absolute Gasteiger partial charge is 0.327 e. The third-order valence-corrected chi connectivity index (χ3v) is 1.71. The average molecular weight is 219 g/mol. The van der Waals surface area contributed by atoms with Crippen LogP contribution >= 0.6 is 0 Å². The van der Waals surface area contributed by atoms with Crippen molar-refractivity contribution in [3.8, 4) is 0 Å². The fraction of sp³-hybridized carbons (Fsp3) is 1.00. The molecule has 0 bridgehead atoms. The molecule has 0 amide bonds. The molecule has 0 aliphatic carbocycles. The highest BCUT2D eigenvalue weighted by molar-refractivity contribution is 4.81. The van der Waals surface area contributed by atoms with Gasteiger partial charge in [-0.15, -0.1) is 0 Å². The van der Waals surface area contributed by atoms with Gasteiger partial charge in [-0.3, -0.25) is 0 Å². The zero-order valence-corrected chi connectivity index (χ0v) is 8.04. The van der Waals surface area contributed by atoms with E-state index >= 15 is 0 Å². The van der Waals surface area contributed by atoms with E-state index in [0.29, 0.717) is 0 Å². The average Bonchev–Trinajstić information content (AvgIpc) is 1.79. The molecule has 0 aromatic rings. The number of rotatable bonds is 4. The second-order valence-electron chi connectivity index (χ2n) is 3.80. The Kier molecular flexibility index (Phi) is 4.30. The molecule has 86 valence electrons. The third kappa shape index (κ3) is 4.21. The Balaban J connectivity index is 4.22. The summed E-state index contributed by atoms with van der Waals surface area (Å²) in [5.41, 5.74) is 5.18. The molecule has 0 fully saturated rings. The van der Waals surface area contributed by atoms with Gasteiger partial charge in [0.2, 0.25) is 0 Å². The van der Waals surface area contributed by atoms with Crippen molar-refractivity contribution in [2.24, 2.45) is 11.7 Å². The fourth-order valence-corrected chi connectivity index (χ4v) is 1.13. The van der Waals surface area contributed by atoms with E-state index in [1.807, 2.05) is 0 Å². The van der Waals surface area contributed by atoms with Crippen LogP contribution < -0.4 is 5.73 Å². The highest BCUT2D eigenvalue weighted by Crippen LogP contribution is 2.39. The summed E-state index contributed by atoms with van der Waals surface area (Å²) in [6.07, 6.45) is -6.68. The van der Waals surface area contributed by atoms with E-state index in [1.54, 1.807) is 13.8 Å². The second-order valence-corrected chi connectivity index (χ2v) is 3.80. The van der Waals surface area contributed by atoms with E-state index in [2.05, 4.69) is 0 Å². The van der Waals surface area contributed by atoms with E-state index < -0.39 is 24.6 Å². The molecule has 0 spiro atoms. The van der Waals surface area contributed by atoms with E-state index in [-0.39, 0.29) is 12.3 Å². The van der Waals surface area contributed by atoms with Crippen molar-refractivity contribution in [3.05, 3.63) is 0 Å². The Morgan fingerprint density at radius 2 is 1.50 bits per heavy atom. The molecule has 0 saturated heterocycles. The van der Waals surface area contributed by atoms with Crippen LogP contribution in [0.3, 0.4) is 0 Å². The largest absolute Gasteiger partial charge is 0.453 e.